The Morgan fingerprint density at radius 2 is 1.54 bits per heavy atom. The average Bonchev–Trinajstić information content (AvgIpc) is 2.65. The number of benzene rings is 2. The van der Waals surface area contributed by atoms with Crippen LogP contribution in [0.1, 0.15) is 18.1 Å². The van der Waals surface area contributed by atoms with E-state index in [1.54, 1.807) is 0 Å². The van der Waals surface area contributed by atoms with Gasteiger partial charge in [-0.15, -0.1) is 0 Å². The average molecular weight is 357 g/mol. The van der Waals surface area contributed by atoms with Crippen molar-refractivity contribution in [3.63, 3.8) is 0 Å². The van der Waals surface area contributed by atoms with Gasteiger partial charge in [0, 0.05) is 6.92 Å². The van der Waals surface area contributed by atoms with Gasteiger partial charge in [-0.1, -0.05) is 60.7 Å². The first-order valence-corrected chi connectivity index (χ1v) is 8.37. The SMILES string of the molecule is CC(=O)OCC(O)C(Cc1ccccc1)NC(=O)OCc1ccccc1. The number of alkyl carbamates (subject to hydrolysis) is 1. The van der Waals surface area contributed by atoms with Gasteiger partial charge >= 0.3 is 12.1 Å². The minimum Gasteiger partial charge on any atom is -0.463 e. The molecule has 0 heterocycles. The quantitative estimate of drug-likeness (QED) is 0.709. The standard InChI is InChI=1S/C20H23NO5/c1-15(22)25-14-19(23)18(12-16-8-4-2-5-9-16)21-20(24)26-13-17-10-6-3-7-11-17/h2-11,18-19,23H,12-14H2,1H3,(H,21,24). The molecule has 0 saturated heterocycles. The molecule has 0 saturated carbocycles. The van der Waals surface area contributed by atoms with E-state index in [1.807, 2.05) is 60.7 Å². The van der Waals surface area contributed by atoms with E-state index in [0.29, 0.717) is 6.42 Å². The van der Waals surface area contributed by atoms with Crippen LogP contribution in [-0.4, -0.2) is 35.9 Å². The zero-order chi connectivity index (χ0) is 18.8. The molecule has 138 valence electrons. The van der Waals surface area contributed by atoms with E-state index in [2.05, 4.69) is 5.32 Å². The Morgan fingerprint density at radius 1 is 0.962 bits per heavy atom. The van der Waals surface area contributed by atoms with Gasteiger partial charge in [-0.25, -0.2) is 4.79 Å². The highest BCUT2D eigenvalue weighted by atomic mass is 16.6. The van der Waals surface area contributed by atoms with Crippen LogP contribution in [0, 0.1) is 0 Å². The largest absolute Gasteiger partial charge is 0.463 e. The summed E-state index contributed by atoms with van der Waals surface area (Å²) in [7, 11) is 0. The molecular weight excluding hydrogens is 334 g/mol. The van der Waals surface area contributed by atoms with Crippen LogP contribution in [0.3, 0.4) is 0 Å². The molecule has 0 aliphatic heterocycles. The first-order chi connectivity index (χ1) is 12.5. The number of carbonyl (C=O) groups is 2. The topological polar surface area (TPSA) is 84.9 Å². The summed E-state index contributed by atoms with van der Waals surface area (Å²) < 4.78 is 10.1. The second-order valence-electron chi connectivity index (χ2n) is 5.87. The molecule has 2 aromatic rings. The summed E-state index contributed by atoms with van der Waals surface area (Å²) >= 11 is 0. The molecule has 0 aliphatic carbocycles. The van der Waals surface area contributed by atoms with E-state index in [1.165, 1.54) is 6.92 Å². The Bertz CT molecular complexity index is 690. The van der Waals surface area contributed by atoms with Crippen molar-refractivity contribution in [2.75, 3.05) is 6.61 Å². The smallest absolute Gasteiger partial charge is 0.407 e. The Balaban J connectivity index is 1.95. The highest BCUT2D eigenvalue weighted by Gasteiger charge is 2.23. The van der Waals surface area contributed by atoms with Crippen molar-refractivity contribution < 1.29 is 24.2 Å². The van der Waals surface area contributed by atoms with E-state index in [4.69, 9.17) is 9.47 Å². The molecule has 1 amide bonds. The molecule has 0 aromatic heterocycles. The lowest BCUT2D eigenvalue weighted by atomic mass is 10.0. The molecule has 0 fully saturated rings. The zero-order valence-corrected chi connectivity index (χ0v) is 14.6. The third-order valence-electron chi connectivity index (χ3n) is 3.74. The van der Waals surface area contributed by atoms with E-state index in [-0.39, 0.29) is 13.2 Å². The van der Waals surface area contributed by atoms with Crippen molar-refractivity contribution in [1.29, 1.82) is 0 Å². The molecule has 2 unspecified atom stereocenters. The summed E-state index contributed by atoms with van der Waals surface area (Å²) in [6.07, 6.45) is -1.32. The van der Waals surface area contributed by atoms with Crippen LogP contribution in [0.2, 0.25) is 0 Å². The molecule has 2 aromatic carbocycles. The molecular formula is C20H23NO5. The Kier molecular flexibility index (Phi) is 7.64. The van der Waals surface area contributed by atoms with Gasteiger partial charge in [0.1, 0.15) is 19.3 Å². The van der Waals surface area contributed by atoms with Gasteiger partial charge in [-0.3, -0.25) is 4.79 Å². The van der Waals surface area contributed by atoms with Crippen molar-refractivity contribution >= 4 is 12.1 Å². The third-order valence-corrected chi connectivity index (χ3v) is 3.74. The predicted molar refractivity (Wildman–Crippen MR) is 96.3 cm³/mol. The van der Waals surface area contributed by atoms with Gasteiger partial charge in [0.15, 0.2) is 0 Å². The second kappa shape index (κ2) is 10.2. The summed E-state index contributed by atoms with van der Waals surface area (Å²) in [6, 6.07) is 18.1. The number of esters is 1. The number of amides is 1. The normalized spacial score (nSPS) is 12.7. The van der Waals surface area contributed by atoms with Crippen molar-refractivity contribution in [3.8, 4) is 0 Å². The number of carbonyl (C=O) groups excluding carboxylic acids is 2. The molecule has 6 nitrogen and oxygen atoms in total. The minimum absolute atomic E-state index is 0.130. The van der Waals surface area contributed by atoms with Crippen LogP contribution in [0.5, 0.6) is 0 Å². The van der Waals surface area contributed by atoms with Gasteiger partial charge in [0.25, 0.3) is 0 Å². The fraction of sp³-hybridized carbons (Fsp3) is 0.300. The van der Waals surface area contributed by atoms with E-state index < -0.39 is 24.2 Å². The van der Waals surface area contributed by atoms with Crippen molar-refractivity contribution in [2.24, 2.45) is 0 Å². The van der Waals surface area contributed by atoms with Crippen molar-refractivity contribution in [2.45, 2.75) is 32.1 Å². The summed E-state index contributed by atoms with van der Waals surface area (Å²) in [4.78, 5) is 23.1. The number of aliphatic hydroxyl groups is 1. The van der Waals surface area contributed by atoms with Crippen LogP contribution in [0.15, 0.2) is 60.7 Å². The molecule has 0 radical (unpaired) electrons. The van der Waals surface area contributed by atoms with Crippen molar-refractivity contribution in [1.82, 2.24) is 5.32 Å². The molecule has 2 N–H and O–H groups in total. The zero-order valence-electron chi connectivity index (χ0n) is 14.6. The number of hydrogen-bond donors (Lipinski definition) is 2. The summed E-state index contributed by atoms with van der Waals surface area (Å²) in [5, 5.41) is 13.0. The predicted octanol–water partition coefficient (Wildman–Crippen LogP) is 2.45. The van der Waals surface area contributed by atoms with E-state index in [0.717, 1.165) is 11.1 Å². The van der Waals surface area contributed by atoms with Gasteiger partial charge in [0.2, 0.25) is 0 Å². The Hall–Kier alpha value is -2.86. The highest BCUT2D eigenvalue weighted by Crippen LogP contribution is 2.08. The van der Waals surface area contributed by atoms with Gasteiger partial charge in [-0.05, 0) is 17.5 Å². The molecule has 0 bridgehead atoms. The van der Waals surface area contributed by atoms with E-state index >= 15 is 0 Å². The number of hydrogen-bond acceptors (Lipinski definition) is 5. The molecule has 2 atom stereocenters. The maximum atomic E-state index is 12.1. The first kappa shape index (κ1) is 19.5. The summed E-state index contributed by atoms with van der Waals surface area (Å²) in [6.45, 7) is 1.19. The molecule has 6 heteroatoms. The van der Waals surface area contributed by atoms with Crippen LogP contribution >= 0.6 is 0 Å². The summed E-state index contributed by atoms with van der Waals surface area (Å²) in [5.74, 6) is -0.492. The monoisotopic (exact) mass is 357 g/mol. The summed E-state index contributed by atoms with van der Waals surface area (Å²) in [5.41, 5.74) is 1.80. The number of ether oxygens (including phenoxy) is 2. The van der Waals surface area contributed by atoms with E-state index in [9.17, 15) is 14.7 Å². The second-order valence-corrected chi connectivity index (χ2v) is 5.87. The lowest BCUT2D eigenvalue weighted by Gasteiger charge is -2.23. The van der Waals surface area contributed by atoms with Crippen LogP contribution in [-0.2, 0) is 27.3 Å². The lowest BCUT2D eigenvalue weighted by molar-refractivity contribution is -0.144. The van der Waals surface area contributed by atoms with Gasteiger partial charge in [-0.2, -0.15) is 0 Å². The molecule has 2 rings (SSSR count). The van der Waals surface area contributed by atoms with Crippen LogP contribution < -0.4 is 5.32 Å². The van der Waals surface area contributed by atoms with Crippen LogP contribution in [0.4, 0.5) is 4.79 Å². The molecule has 0 aliphatic rings. The number of nitrogens with one attached hydrogen (secondary N) is 1. The maximum Gasteiger partial charge on any atom is 0.407 e. The van der Waals surface area contributed by atoms with Gasteiger partial charge in [0.05, 0.1) is 6.04 Å². The fourth-order valence-electron chi connectivity index (χ4n) is 2.39. The molecule has 0 spiro atoms. The Labute approximate surface area is 152 Å². The Morgan fingerprint density at radius 3 is 2.12 bits per heavy atom. The first-order valence-electron chi connectivity index (χ1n) is 8.37. The lowest BCUT2D eigenvalue weighted by Crippen LogP contribution is -2.47. The highest BCUT2D eigenvalue weighted by molar-refractivity contribution is 5.68. The maximum absolute atomic E-state index is 12.1. The van der Waals surface area contributed by atoms with Crippen molar-refractivity contribution in [3.05, 3.63) is 71.8 Å². The number of aliphatic hydroxyl groups excluding tert-OH is 1. The number of rotatable bonds is 8. The third kappa shape index (κ3) is 6.94. The molecule has 26 heavy (non-hydrogen) atoms. The van der Waals surface area contributed by atoms with Gasteiger partial charge < -0.3 is 19.9 Å². The minimum atomic E-state index is -1.05. The van der Waals surface area contributed by atoms with Crippen LogP contribution in [0.25, 0.3) is 0 Å². The fourth-order valence-corrected chi connectivity index (χ4v) is 2.39.